The van der Waals surface area contributed by atoms with Crippen molar-refractivity contribution in [2.24, 2.45) is 0 Å². The van der Waals surface area contributed by atoms with Gasteiger partial charge in [0.15, 0.2) is 0 Å². The molecule has 180 valence electrons. The molecule has 1 saturated heterocycles. The maximum Gasteiger partial charge on any atom is 0.121 e. The first kappa shape index (κ1) is 23.5. The molecule has 0 spiro atoms. The van der Waals surface area contributed by atoms with Gasteiger partial charge in [0.1, 0.15) is 5.82 Å². The topological polar surface area (TPSA) is 35.2 Å². The SMILES string of the molecule is CC(CC(C)N1CCN(Cc2nc(-c3ccccc3)c(-c3ccccc3)[nH]2)CC1)c1ccccc1. The fourth-order valence-electron chi connectivity index (χ4n) is 5.27. The van der Waals surface area contributed by atoms with Crippen molar-refractivity contribution in [2.75, 3.05) is 26.2 Å². The Bertz CT molecular complexity index is 1120. The highest BCUT2D eigenvalue weighted by atomic mass is 15.3. The molecule has 2 unspecified atom stereocenters. The van der Waals surface area contributed by atoms with Gasteiger partial charge in [0, 0.05) is 43.3 Å². The molecule has 0 amide bonds. The van der Waals surface area contributed by atoms with Crippen LogP contribution in [0.4, 0.5) is 0 Å². The van der Waals surface area contributed by atoms with Crippen molar-refractivity contribution in [2.45, 2.75) is 38.8 Å². The number of hydrogen-bond acceptors (Lipinski definition) is 3. The van der Waals surface area contributed by atoms with Crippen molar-refractivity contribution in [3.8, 4) is 22.5 Å². The van der Waals surface area contributed by atoms with E-state index in [1.165, 1.54) is 17.5 Å². The summed E-state index contributed by atoms with van der Waals surface area (Å²) in [4.78, 5) is 13.9. The third-order valence-electron chi connectivity index (χ3n) is 7.33. The standard InChI is InChI=1S/C31H36N4/c1-24(26-12-6-3-7-13-26)22-25(2)35-20-18-34(19-21-35)23-29-32-30(27-14-8-4-9-15-27)31(33-29)28-16-10-5-11-17-28/h3-17,24-25H,18-23H2,1-2H3,(H,32,33). The third-order valence-corrected chi connectivity index (χ3v) is 7.33. The van der Waals surface area contributed by atoms with Gasteiger partial charge in [0.05, 0.1) is 17.9 Å². The second-order valence-corrected chi connectivity index (χ2v) is 9.85. The predicted octanol–water partition coefficient (Wildman–Crippen LogP) is 6.44. The van der Waals surface area contributed by atoms with Gasteiger partial charge in [0.25, 0.3) is 0 Å². The summed E-state index contributed by atoms with van der Waals surface area (Å²) in [7, 11) is 0. The highest BCUT2D eigenvalue weighted by molar-refractivity contribution is 5.78. The Morgan fingerprint density at radius 1 is 0.743 bits per heavy atom. The van der Waals surface area contributed by atoms with Crippen LogP contribution in [0.25, 0.3) is 22.5 Å². The molecule has 1 aliphatic rings. The number of nitrogens with zero attached hydrogens (tertiary/aromatic N) is 3. The molecule has 0 radical (unpaired) electrons. The maximum atomic E-state index is 5.07. The first-order valence-electron chi connectivity index (χ1n) is 12.9. The van der Waals surface area contributed by atoms with Crippen molar-refractivity contribution in [3.05, 3.63) is 102 Å². The second kappa shape index (κ2) is 11.0. The zero-order valence-electron chi connectivity index (χ0n) is 20.9. The van der Waals surface area contributed by atoms with E-state index in [0.717, 1.165) is 55.5 Å². The van der Waals surface area contributed by atoms with Gasteiger partial charge >= 0.3 is 0 Å². The van der Waals surface area contributed by atoms with Crippen LogP contribution in [-0.2, 0) is 6.54 Å². The highest BCUT2D eigenvalue weighted by Crippen LogP contribution is 2.30. The minimum Gasteiger partial charge on any atom is -0.340 e. The zero-order valence-corrected chi connectivity index (χ0v) is 20.9. The van der Waals surface area contributed by atoms with E-state index < -0.39 is 0 Å². The molecule has 2 atom stereocenters. The van der Waals surface area contributed by atoms with Gasteiger partial charge in [-0.05, 0) is 24.8 Å². The lowest BCUT2D eigenvalue weighted by molar-refractivity contribution is 0.0909. The van der Waals surface area contributed by atoms with E-state index >= 15 is 0 Å². The van der Waals surface area contributed by atoms with Crippen molar-refractivity contribution in [3.63, 3.8) is 0 Å². The number of aromatic nitrogens is 2. The smallest absolute Gasteiger partial charge is 0.121 e. The highest BCUT2D eigenvalue weighted by Gasteiger charge is 2.24. The lowest BCUT2D eigenvalue weighted by Crippen LogP contribution is -2.49. The van der Waals surface area contributed by atoms with Gasteiger partial charge in [0.2, 0.25) is 0 Å². The van der Waals surface area contributed by atoms with Crippen molar-refractivity contribution >= 4 is 0 Å². The summed E-state index contributed by atoms with van der Waals surface area (Å²) in [6.07, 6.45) is 1.20. The number of piperazine rings is 1. The molecule has 1 N–H and O–H groups in total. The monoisotopic (exact) mass is 464 g/mol. The summed E-state index contributed by atoms with van der Waals surface area (Å²) < 4.78 is 0. The Morgan fingerprint density at radius 3 is 1.94 bits per heavy atom. The summed E-state index contributed by atoms with van der Waals surface area (Å²) >= 11 is 0. The van der Waals surface area contributed by atoms with Crippen LogP contribution in [0.2, 0.25) is 0 Å². The van der Waals surface area contributed by atoms with E-state index in [9.17, 15) is 0 Å². The Kier molecular flexibility index (Phi) is 7.41. The number of hydrogen-bond donors (Lipinski definition) is 1. The molecule has 4 heteroatoms. The van der Waals surface area contributed by atoms with Crippen LogP contribution in [0, 0.1) is 0 Å². The van der Waals surface area contributed by atoms with E-state index in [2.05, 4.69) is 120 Å². The van der Waals surface area contributed by atoms with E-state index in [1.807, 2.05) is 0 Å². The Balaban J connectivity index is 1.23. The van der Waals surface area contributed by atoms with Gasteiger partial charge in [-0.3, -0.25) is 9.80 Å². The zero-order chi connectivity index (χ0) is 24.0. The minimum absolute atomic E-state index is 0.583. The Hall–Kier alpha value is -3.21. The molecular formula is C31H36N4. The fraction of sp³-hybridized carbons (Fsp3) is 0.323. The van der Waals surface area contributed by atoms with E-state index in [-0.39, 0.29) is 0 Å². The maximum absolute atomic E-state index is 5.07. The minimum atomic E-state index is 0.583. The van der Waals surface area contributed by atoms with Gasteiger partial charge in [-0.15, -0.1) is 0 Å². The third kappa shape index (κ3) is 5.72. The lowest BCUT2D eigenvalue weighted by Gasteiger charge is -2.38. The van der Waals surface area contributed by atoms with Crippen LogP contribution < -0.4 is 0 Å². The summed E-state index contributed by atoms with van der Waals surface area (Å²) in [5.74, 6) is 1.63. The number of aromatic amines is 1. The molecule has 5 rings (SSSR count). The Labute approximate surface area is 209 Å². The van der Waals surface area contributed by atoms with Crippen LogP contribution >= 0.6 is 0 Å². The molecule has 4 nitrogen and oxygen atoms in total. The second-order valence-electron chi connectivity index (χ2n) is 9.85. The van der Waals surface area contributed by atoms with Gasteiger partial charge in [-0.25, -0.2) is 4.98 Å². The largest absolute Gasteiger partial charge is 0.340 e. The normalized spacial score (nSPS) is 16.7. The first-order chi connectivity index (χ1) is 17.2. The molecule has 0 aliphatic carbocycles. The molecule has 3 aromatic carbocycles. The summed E-state index contributed by atoms with van der Waals surface area (Å²) in [5.41, 5.74) is 5.92. The summed E-state index contributed by atoms with van der Waals surface area (Å²) in [6.45, 7) is 9.97. The van der Waals surface area contributed by atoms with Gasteiger partial charge < -0.3 is 4.98 Å². The molecule has 0 bridgehead atoms. The van der Waals surface area contributed by atoms with Crippen molar-refractivity contribution < 1.29 is 0 Å². The van der Waals surface area contributed by atoms with E-state index in [4.69, 9.17) is 4.98 Å². The molecule has 35 heavy (non-hydrogen) atoms. The van der Waals surface area contributed by atoms with Crippen LogP contribution in [-0.4, -0.2) is 52.0 Å². The average molecular weight is 465 g/mol. The first-order valence-corrected chi connectivity index (χ1v) is 12.9. The molecular weight excluding hydrogens is 428 g/mol. The average Bonchev–Trinajstić information content (AvgIpc) is 3.34. The van der Waals surface area contributed by atoms with Crippen LogP contribution in [0.1, 0.15) is 37.6 Å². The van der Waals surface area contributed by atoms with Crippen molar-refractivity contribution in [1.82, 2.24) is 19.8 Å². The number of benzene rings is 3. The van der Waals surface area contributed by atoms with Crippen LogP contribution in [0.3, 0.4) is 0 Å². The predicted molar refractivity (Wildman–Crippen MR) is 145 cm³/mol. The fourth-order valence-corrected chi connectivity index (χ4v) is 5.27. The number of H-pyrrole nitrogens is 1. The van der Waals surface area contributed by atoms with Gasteiger partial charge in [-0.1, -0.05) is 97.9 Å². The Morgan fingerprint density at radius 2 is 1.31 bits per heavy atom. The number of rotatable bonds is 8. The molecule has 4 aromatic rings. The number of nitrogens with one attached hydrogen (secondary N) is 1. The van der Waals surface area contributed by atoms with Crippen molar-refractivity contribution in [1.29, 1.82) is 0 Å². The molecule has 1 aliphatic heterocycles. The number of imidazole rings is 1. The lowest BCUT2D eigenvalue weighted by atomic mass is 9.94. The summed E-state index contributed by atoms with van der Waals surface area (Å²) in [5, 5.41) is 0. The van der Waals surface area contributed by atoms with Crippen LogP contribution in [0.5, 0.6) is 0 Å². The molecule has 1 aromatic heterocycles. The molecule has 2 heterocycles. The van der Waals surface area contributed by atoms with Crippen LogP contribution in [0.15, 0.2) is 91.0 Å². The van der Waals surface area contributed by atoms with E-state index in [1.54, 1.807) is 0 Å². The summed E-state index contributed by atoms with van der Waals surface area (Å²) in [6, 6.07) is 32.5. The quantitative estimate of drug-likeness (QED) is 0.326. The molecule has 0 saturated carbocycles. The van der Waals surface area contributed by atoms with Gasteiger partial charge in [-0.2, -0.15) is 0 Å². The molecule has 1 fully saturated rings. The van der Waals surface area contributed by atoms with E-state index in [0.29, 0.717) is 12.0 Å².